The van der Waals surface area contributed by atoms with E-state index in [1.807, 2.05) is 88.0 Å². The molecule has 3 aromatic heterocycles. The number of nitrogens with zero attached hydrogens (tertiary/aromatic N) is 6. The number of carbonyl (C=O) groups is 1. The molecule has 4 heterocycles. The largest absolute Gasteiger partial charge is 0.444 e. The molecule has 1 aliphatic heterocycles. The third-order valence-corrected chi connectivity index (χ3v) is 8.52. The zero-order chi connectivity index (χ0) is 31.0. The molecule has 1 saturated heterocycles. The highest BCUT2D eigenvalue weighted by Crippen LogP contribution is 2.34. The van der Waals surface area contributed by atoms with Gasteiger partial charge in [0.05, 0.1) is 17.4 Å². The summed E-state index contributed by atoms with van der Waals surface area (Å²) in [6, 6.07) is 12.2. The van der Waals surface area contributed by atoms with Crippen LogP contribution in [0, 0.1) is 13.8 Å². The average molecular weight is 596 g/mol. The smallest absolute Gasteiger partial charge is 0.410 e. The minimum absolute atomic E-state index is 0.00430. The van der Waals surface area contributed by atoms with Crippen LogP contribution in [0.15, 0.2) is 53.6 Å². The van der Waals surface area contributed by atoms with Crippen LogP contribution >= 0.6 is 0 Å². The fourth-order valence-corrected chi connectivity index (χ4v) is 6.19. The van der Waals surface area contributed by atoms with E-state index in [1.54, 1.807) is 4.90 Å². The van der Waals surface area contributed by atoms with Crippen molar-refractivity contribution in [3.8, 4) is 11.1 Å². The number of pyridine rings is 2. The lowest BCUT2D eigenvalue weighted by Crippen LogP contribution is -2.50. The van der Waals surface area contributed by atoms with E-state index < -0.39 is 5.60 Å². The lowest BCUT2D eigenvalue weighted by molar-refractivity contribution is 0.0240. The van der Waals surface area contributed by atoms with Crippen molar-refractivity contribution in [2.24, 2.45) is 0 Å². The zero-order valence-electron chi connectivity index (χ0n) is 26.3. The summed E-state index contributed by atoms with van der Waals surface area (Å²) in [4.78, 5) is 44.6. The number of hydrogen-bond donors (Lipinski definition) is 1. The van der Waals surface area contributed by atoms with Gasteiger partial charge in [-0.2, -0.15) is 4.98 Å². The fourth-order valence-electron chi connectivity index (χ4n) is 6.19. The van der Waals surface area contributed by atoms with Crippen LogP contribution in [0.2, 0.25) is 0 Å². The van der Waals surface area contributed by atoms with Crippen molar-refractivity contribution >= 4 is 34.6 Å². The topological polar surface area (TPSA) is 105 Å². The van der Waals surface area contributed by atoms with Crippen LogP contribution in [-0.4, -0.2) is 62.3 Å². The van der Waals surface area contributed by atoms with Crippen molar-refractivity contribution in [1.82, 2.24) is 24.4 Å². The molecule has 0 unspecified atom stereocenters. The van der Waals surface area contributed by atoms with E-state index in [0.717, 1.165) is 59.0 Å². The quantitative estimate of drug-likeness (QED) is 0.283. The van der Waals surface area contributed by atoms with Gasteiger partial charge in [-0.1, -0.05) is 42.7 Å². The third kappa shape index (κ3) is 6.11. The highest BCUT2D eigenvalue weighted by molar-refractivity contribution is 5.87. The van der Waals surface area contributed by atoms with Gasteiger partial charge < -0.3 is 19.9 Å². The molecule has 2 aliphatic rings. The molecule has 10 nitrogen and oxygen atoms in total. The van der Waals surface area contributed by atoms with E-state index in [0.29, 0.717) is 43.6 Å². The maximum atomic E-state index is 14.1. The van der Waals surface area contributed by atoms with Gasteiger partial charge in [0.1, 0.15) is 17.1 Å². The van der Waals surface area contributed by atoms with E-state index in [9.17, 15) is 9.59 Å². The van der Waals surface area contributed by atoms with Crippen LogP contribution < -0.4 is 15.8 Å². The van der Waals surface area contributed by atoms with Gasteiger partial charge in [0.15, 0.2) is 0 Å². The summed E-state index contributed by atoms with van der Waals surface area (Å²) < 4.78 is 7.42. The monoisotopic (exact) mass is 595 g/mol. The first kappa shape index (κ1) is 29.6. The number of benzene rings is 1. The molecule has 1 N–H and O–H groups in total. The second-order valence-corrected chi connectivity index (χ2v) is 12.9. The number of piperazine rings is 1. The Kier molecular flexibility index (Phi) is 8.00. The normalized spacial score (nSPS) is 16.0. The number of aromatic nitrogens is 4. The Morgan fingerprint density at radius 3 is 2.27 bits per heavy atom. The molecule has 2 fully saturated rings. The van der Waals surface area contributed by atoms with Crippen molar-refractivity contribution in [1.29, 1.82) is 0 Å². The molecule has 44 heavy (non-hydrogen) atoms. The van der Waals surface area contributed by atoms with Gasteiger partial charge in [-0.3, -0.25) is 9.36 Å². The number of rotatable bonds is 5. The van der Waals surface area contributed by atoms with E-state index in [4.69, 9.17) is 9.72 Å². The SMILES string of the molecule is Cc1ccc(-c2c(C)c3cnc(Nc4ccc(N5CCN(C(=O)OC(C)(C)C)CC5)cn4)nc3n(C3CCCC3)c2=O)cc1. The Bertz CT molecular complexity index is 1710. The van der Waals surface area contributed by atoms with Crippen LogP contribution in [0.3, 0.4) is 0 Å². The minimum Gasteiger partial charge on any atom is -0.444 e. The summed E-state index contributed by atoms with van der Waals surface area (Å²) in [6.07, 6.45) is 7.51. The Hall–Kier alpha value is -4.47. The molecular weight excluding hydrogens is 554 g/mol. The lowest BCUT2D eigenvalue weighted by Gasteiger charge is -2.36. The van der Waals surface area contributed by atoms with E-state index in [2.05, 4.69) is 20.2 Å². The van der Waals surface area contributed by atoms with Crippen LogP contribution in [0.1, 0.15) is 63.6 Å². The molecule has 1 aliphatic carbocycles. The summed E-state index contributed by atoms with van der Waals surface area (Å²) >= 11 is 0. The van der Waals surface area contributed by atoms with Crippen LogP contribution in [-0.2, 0) is 4.74 Å². The first-order valence-corrected chi connectivity index (χ1v) is 15.5. The summed E-state index contributed by atoms with van der Waals surface area (Å²) in [6.45, 7) is 12.3. The average Bonchev–Trinajstić information content (AvgIpc) is 3.52. The Morgan fingerprint density at radius 1 is 0.932 bits per heavy atom. The van der Waals surface area contributed by atoms with E-state index >= 15 is 0 Å². The van der Waals surface area contributed by atoms with Crippen molar-refractivity contribution in [2.75, 3.05) is 36.4 Å². The Morgan fingerprint density at radius 2 is 1.64 bits per heavy atom. The maximum Gasteiger partial charge on any atom is 0.410 e. The minimum atomic E-state index is -0.507. The van der Waals surface area contributed by atoms with Crippen molar-refractivity contribution in [3.63, 3.8) is 0 Å². The van der Waals surface area contributed by atoms with E-state index in [-0.39, 0.29) is 17.7 Å². The molecule has 0 atom stereocenters. The number of hydrogen-bond acceptors (Lipinski definition) is 8. The number of carbonyl (C=O) groups excluding carboxylic acids is 1. The number of ether oxygens (including phenoxy) is 1. The van der Waals surface area contributed by atoms with Gasteiger partial charge in [0, 0.05) is 43.8 Å². The predicted molar refractivity (Wildman–Crippen MR) is 174 cm³/mol. The first-order chi connectivity index (χ1) is 21.1. The van der Waals surface area contributed by atoms with Gasteiger partial charge in [-0.25, -0.2) is 14.8 Å². The Balaban J connectivity index is 1.23. The van der Waals surface area contributed by atoms with Gasteiger partial charge in [0.25, 0.3) is 5.56 Å². The maximum absolute atomic E-state index is 14.1. The highest BCUT2D eigenvalue weighted by atomic mass is 16.6. The second kappa shape index (κ2) is 11.9. The molecule has 0 radical (unpaired) electrons. The fraction of sp³-hybridized carbons (Fsp3) is 0.441. The van der Waals surface area contributed by atoms with Crippen LogP contribution in [0.4, 0.5) is 22.2 Å². The van der Waals surface area contributed by atoms with Crippen molar-refractivity contribution in [3.05, 3.63) is 70.3 Å². The summed E-state index contributed by atoms with van der Waals surface area (Å²) in [5, 5.41) is 4.12. The zero-order valence-corrected chi connectivity index (χ0v) is 26.3. The molecule has 4 aromatic rings. The standard InChI is InChI=1S/C34H41N7O3/c1-22-10-12-24(13-11-22)29-23(2)27-21-36-32(38-30(27)41(31(29)42)25-8-6-7-9-25)37-28-15-14-26(20-35-28)39-16-18-40(19-17-39)33(43)44-34(3,4)5/h10-15,20-21,25H,6-9,16-19H2,1-5H3,(H,35,36,37,38). The third-order valence-electron chi connectivity index (χ3n) is 8.52. The Labute approximate surface area is 258 Å². The first-order valence-electron chi connectivity index (χ1n) is 15.5. The number of fused-ring (bicyclic) bond motifs is 1. The van der Waals surface area contributed by atoms with Crippen molar-refractivity contribution in [2.45, 2.75) is 71.9 Å². The van der Waals surface area contributed by atoms with Gasteiger partial charge in [-0.15, -0.1) is 0 Å². The van der Waals surface area contributed by atoms with Gasteiger partial charge >= 0.3 is 6.09 Å². The van der Waals surface area contributed by atoms with E-state index in [1.165, 1.54) is 0 Å². The summed E-state index contributed by atoms with van der Waals surface area (Å²) in [7, 11) is 0. The molecule has 6 rings (SSSR count). The van der Waals surface area contributed by atoms with Crippen molar-refractivity contribution < 1.29 is 9.53 Å². The molecule has 0 bridgehead atoms. The molecule has 1 saturated carbocycles. The molecule has 10 heteroatoms. The summed E-state index contributed by atoms with van der Waals surface area (Å²) in [5.74, 6) is 1.01. The number of anilines is 3. The number of aryl methyl sites for hydroxylation is 2. The number of nitrogens with one attached hydrogen (secondary N) is 1. The second-order valence-electron chi connectivity index (χ2n) is 12.9. The van der Waals surface area contributed by atoms with Gasteiger partial charge in [-0.05, 0) is 70.7 Å². The predicted octanol–water partition coefficient (Wildman–Crippen LogP) is 6.39. The van der Waals surface area contributed by atoms with Crippen LogP contribution in [0.5, 0.6) is 0 Å². The molecule has 0 spiro atoms. The highest BCUT2D eigenvalue weighted by Gasteiger charge is 2.27. The molecule has 1 aromatic carbocycles. The van der Waals surface area contributed by atoms with Gasteiger partial charge in [0.2, 0.25) is 5.95 Å². The van der Waals surface area contributed by atoms with Crippen LogP contribution in [0.25, 0.3) is 22.2 Å². The molecule has 230 valence electrons. The lowest BCUT2D eigenvalue weighted by atomic mass is 9.98. The number of amides is 1. The summed E-state index contributed by atoms with van der Waals surface area (Å²) in [5.41, 5.74) is 4.83. The molecular formula is C34H41N7O3. The molecule has 1 amide bonds.